The number of allylic oxidation sites excluding steroid dienone is 2. The zero-order valence-corrected chi connectivity index (χ0v) is 22.1. The summed E-state index contributed by atoms with van der Waals surface area (Å²) in [6.07, 6.45) is 7.50. The first kappa shape index (κ1) is 27.5. The third kappa shape index (κ3) is 8.21. The molecular formula is C32H35NO4. The number of esters is 2. The molecule has 3 aromatic rings. The van der Waals surface area contributed by atoms with Crippen molar-refractivity contribution in [1.82, 2.24) is 0 Å². The number of aryl methyl sites for hydroxylation is 2. The molecule has 0 aromatic heterocycles. The van der Waals surface area contributed by atoms with Gasteiger partial charge in [0.05, 0.1) is 13.2 Å². The molecule has 0 unspecified atom stereocenters. The van der Waals surface area contributed by atoms with Crippen molar-refractivity contribution in [2.24, 2.45) is 0 Å². The lowest BCUT2D eigenvalue weighted by Gasteiger charge is -2.26. The van der Waals surface area contributed by atoms with E-state index in [1.807, 2.05) is 0 Å². The predicted molar refractivity (Wildman–Crippen MR) is 150 cm³/mol. The van der Waals surface area contributed by atoms with Crippen LogP contribution in [0.2, 0.25) is 0 Å². The molecule has 0 aliphatic rings. The van der Waals surface area contributed by atoms with Crippen LogP contribution >= 0.6 is 0 Å². The van der Waals surface area contributed by atoms with Crippen molar-refractivity contribution in [3.8, 4) is 0 Å². The topological polar surface area (TPSA) is 55.8 Å². The van der Waals surface area contributed by atoms with Crippen LogP contribution in [-0.4, -0.2) is 25.2 Å². The molecular weight excluding hydrogens is 462 g/mol. The van der Waals surface area contributed by atoms with Gasteiger partial charge in [0.25, 0.3) is 0 Å². The first-order valence-corrected chi connectivity index (χ1v) is 12.6. The van der Waals surface area contributed by atoms with Crippen molar-refractivity contribution in [3.63, 3.8) is 0 Å². The highest BCUT2D eigenvalue weighted by Gasteiger charge is 2.13. The van der Waals surface area contributed by atoms with E-state index >= 15 is 0 Å². The molecule has 0 radical (unpaired) electrons. The number of rotatable bonds is 11. The Morgan fingerprint density at radius 2 is 1.08 bits per heavy atom. The van der Waals surface area contributed by atoms with Crippen LogP contribution in [0.4, 0.5) is 17.1 Å². The number of anilines is 3. The minimum absolute atomic E-state index is 0.320. The summed E-state index contributed by atoms with van der Waals surface area (Å²) in [4.78, 5) is 25.3. The highest BCUT2D eigenvalue weighted by molar-refractivity contribution is 5.82. The molecule has 3 rings (SSSR count). The first-order chi connectivity index (χ1) is 17.9. The molecule has 0 bridgehead atoms. The van der Waals surface area contributed by atoms with Crippen LogP contribution in [0.25, 0.3) is 0 Å². The molecule has 0 saturated heterocycles. The van der Waals surface area contributed by atoms with Gasteiger partial charge >= 0.3 is 11.9 Å². The summed E-state index contributed by atoms with van der Waals surface area (Å²) in [7, 11) is 0. The fraction of sp³-hybridized carbons (Fsp3) is 0.250. The van der Waals surface area contributed by atoms with Gasteiger partial charge in [-0.1, -0.05) is 42.5 Å². The van der Waals surface area contributed by atoms with Crippen molar-refractivity contribution in [2.75, 3.05) is 18.1 Å². The highest BCUT2D eigenvalue weighted by atomic mass is 16.5. The van der Waals surface area contributed by atoms with E-state index in [9.17, 15) is 9.59 Å². The maximum atomic E-state index is 11.5. The zero-order valence-electron chi connectivity index (χ0n) is 22.1. The van der Waals surface area contributed by atoms with E-state index in [0.29, 0.717) is 26.1 Å². The number of hydrogen-bond acceptors (Lipinski definition) is 5. The molecule has 0 fully saturated rings. The lowest BCUT2D eigenvalue weighted by Crippen LogP contribution is -2.11. The van der Waals surface area contributed by atoms with Crippen LogP contribution in [0.5, 0.6) is 0 Å². The maximum absolute atomic E-state index is 11.5. The van der Waals surface area contributed by atoms with E-state index in [2.05, 4.69) is 85.5 Å². The van der Waals surface area contributed by atoms with Crippen molar-refractivity contribution in [2.45, 2.75) is 40.5 Å². The molecule has 0 saturated carbocycles. The zero-order chi connectivity index (χ0) is 26.6. The van der Waals surface area contributed by atoms with Gasteiger partial charge in [0.15, 0.2) is 0 Å². The van der Waals surface area contributed by atoms with E-state index in [0.717, 1.165) is 28.2 Å². The van der Waals surface area contributed by atoms with Crippen LogP contribution in [0.3, 0.4) is 0 Å². The summed E-state index contributed by atoms with van der Waals surface area (Å²) < 4.78 is 10.4. The Morgan fingerprint density at radius 1 is 0.649 bits per heavy atom. The Morgan fingerprint density at radius 3 is 1.49 bits per heavy atom. The first-order valence-electron chi connectivity index (χ1n) is 12.6. The largest absolute Gasteiger partial charge is 0.462 e. The molecule has 0 amide bonds. The molecule has 0 spiro atoms. The molecule has 37 heavy (non-hydrogen) atoms. The molecule has 0 atom stereocenters. The molecule has 0 N–H and O–H groups in total. The maximum Gasteiger partial charge on any atom is 0.330 e. The smallest absolute Gasteiger partial charge is 0.330 e. The Kier molecular flexibility index (Phi) is 10.3. The van der Waals surface area contributed by atoms with Crippen molar-refractivity contribution >= 4 is 29.0 Å². The van der Waals surface area contributed by atoms with Gasteiger partial charge in [0.2, 0.25) is 0 Å². The van der Waals surface area contributed by atoms with Crippen molar-refractivity contribution in [1.29, 1.82) is 0 Å². The molecule has 0 aliphatic heterocycles. The van der Waals surface area contributed by atoms with Gasteiger partial charge in [-0.2, -0.15) is 0 Å². The van der Waals surface area contributed by atoms with E-state index < -0.39 is 0 Å². The van der Waals surface area contributed by atoms with Crippen molar-refractivity contribution < 1.29 is 19.1 Å². The van der Waals surface area contributed by atoms with Gasteiger partial charge in [-0.3, -0.25) is 0 Å². The standard InChI is InChI=1S/C32H35NO4/c1-5-7-31(34)36-21-19-26-10-15-28(16-11-26)33(30-14-9-24(3)25(4)23-30)29-17-12-27(13-18-29)20-22-37-32(35)8-6-2/h5-18,23H,19-22H2,1-4H3/b7-5+,8-6+. The lowest BCUT2D eigenvalue weighted by atomic mass is 10.1. The van der Waals surface area contributed by atoms with Crippen LogP contribution in [0.15, 0.2) is 91.0 Å². The second-order valence-corrected chi connectivity index (χ2v) is 8.77. The molecule has 0 heterocycles. The fourth-order valence-corrected chi connectivity index (χ4v) is 3.84. The monoisotopic (exact) mass is 497 g/mol. The Balaban J connectivity index is 1.79. The lowest BCUT2D eigenvalue weighted by molar-refractivity contribution is -0.138. The van der Waals surface area contributed by atoms with Gasteiger partial charge in [0.1, 0.15) is 0 Å². The normalized spacial score (nSPS) is 11.1. The summed E-state index contributed by atoms with van der Waals surface area (Å²) in [5.41, 5.74) is 7.80. The van der Waals surface area contributed by atoms with Crippen LogP contribution in [0, 0.1) is 13.8 Å². The van der Waals surface area contributed by atoms with Crippen molar-refractivity contribution in [3.05, 3.63) is 113 Å². The highest BCUT2D eigenvalue weighted by Crippen LogP contribution is 2.35. The van der Waals surface area contributed by atoms with Crippen LogP contribution in [-0.2, 0) is 31.9 Å². The Labute approximate surface area is 220 Å². The summed E-state index contributed by atoms with van der Waals surface area (Å²) >= 11 is 0. The minimum Gasteiger partial charge on any atom is -0.462 e. The number of ether oxygens (including phenoxy) is 2. The van der Waals surface area contributed by atoms with E-state index in [1.54, 1.807) is 26.0 Å². The average Bonchev–Trinajstić information content (AvgIpc) is 2.88. The molecule has 192 valence electrons. The van der Waals surface area contributed by atoms with E-state index in [-0.39, 0.29) is 11.9 Å². The van der Waals surface area contributed by atoms with Gasteiger partial charge in [0, 0.05) is 42.1 Å². The Bertz CT molecular complexity index is 1170. The number of carbonyl (C=O) groups is 2. The quantitative estimate of drug-likeness (QED) is 0.209. The number of carbonyl (C=O) groups excluding carboxylic acids is 2. The average molecular weight is 498 g/mol. The van der Waals surface area contributed by atoms with Gasteiger partial charge in [-0.15, -0.1) is 0 Å². The summed E-state index contributed by atoms with van der Waals surface area (Å²) in [6, 6.07) is 23.1. The SMILES string of the molecule is C/C=C/C(=O)OCCc1ccc(N(c2ccc(CCOC(=O)/C=C/C)cc2)c2ccc(C)c(C)c2)cc1. The van der Waals surface area contributed by atoms with E-state index in [1.165, 1.54) is 23.3 Å². The minimum atomic E-state index is -0.320. The molecule has 5 heteroatoms. The molecule has 5 nitrogen and oxygen atoms in total. The molecule has 3 aromatic carbocycles. The number of nitrogens with zero attached hydrogens (tertiary/aromatic N) is 1. The van der Waals surface area contributed by atoms with Gasteiger partial charge in [-0.25, -0.2) is 9.59 Å². The second-order valence-electron chi connectivity index (χ2n) is 8.77. The van der Waals surface area contributed by atoms with Gasteiger partial charge in [-0.05, 0) is 86.3 Å². The number of benzene rings is 3. The second kappa shape index (κ2) is 13.8. The molecule has 0 aliphatic carbocycles. The summed E-state index contributed by atoms with van der Waals surface area (Å²) in [6.45, 7) is 8.49. The third-order valence-electron chi connectivity index (χ3n) is 6.01. The third-order valence-corrected chi connectivity index (χ3v) is 6.01. The van der Waals surface area contributed by atoms with E-state index in [4.69, 9.17) is 9.47 Å². The Hall–Kier alpha value is -4.12. The summed E-state index contributed by atoms with van der Waals surface area (Å²) in [5, 5.41) is 0. The predicted octanol–water partition coefficient (Wildman–Crippen LogP) is 7.10. The van der Waals surface area contributed by atoms with Crippen LogP contribution in [0.1, 0.15) is 36.1 Å². The number of hydrogen-bond donors (Lipinski definition) is 0. The summed E-state index contributed by atoms with van der Waals surface area (Å²) in [5.74, 6) is -0.640. The van der Waals surface area contributed by atoms with Gasteiger partial charge < -0.3 is 14.4 Å². The fourth-order valence-electron chi connectivity index (χ4n) is 3.84. The van der Waals surface area contributed by atoms with Crippen LogP contribution < -0.4 is 4.90 Å².